The SMILES string of the molecule is Cc1nc(CSc2ccc(C(=O)N3CCN(CC(=O)N4CCCCCC4)CC3)cc2)cs1. The molecule has 0 unspecified atom stereocenters. The molecule has 3 heterocycles. The third kappa shape index (κ3) is 6.33. The van der Waals surface area contributed by atoms with Gasteiger partial charge in [0.2, 0.25) is 5.91 Å². The van der Waals surface area contributed by atoms with Crippen molar-refractivity contribution in [3.63, 3.8) is 0 Å². The minimum atomic E-state index is 0.0789. The summed E-state index contributed by atoms with van der Waals surface area (Å²) in [7, 11) is 0. The number of likely N-dealkylation sites (tertiary alicyclic amines) is 1. The van der Waals surface area contributed by atoms with Crippen molar-refractivity contribution < 1.29 is 9.59 Å². The Balaban J connectivity index is 1.22. The Morgan fingerprint density at radius 1 is 0.938 bits per heavy atom. The third-order valence-electron chi connectivity index (χ3n) is 6.13. The highest BCUT2D eigenvalue weighted by atomic mass is 32.2. The molecule has 2 saturated heterocycles. The molecule has 1 aromatic heterocycles. The van der Waals surface area contributed by atoms with E-state index in [0.29, 0.717) is 19.6 Å². The topological polar surface area (TPSA) is 56.8 Å². The molecule has 2 aliphatic heterocycles. The average Bonchev–Trinajstić information content (AvgIpc) is 3.05. The van der Waals surface area contributed by atoms with Crippen LogP contribution in [0.1, 0.15) is 46.7 Å². The first-order valence-corrected chi connectivity index (χ1v) is 13.4. The van der Waals surface area contributed by atoms with Gasteiger partial charge in [0.05, 0.1) is 17.2 Å². The van der Waals surface area contributed by atoms with Crippen LogP contribution >= 0.6 is 23.1 Å². The molecule has 2 fully saturated rings. The van der Waals surface area contributed by atoms with Gasteiger partial charge in [-0.3, -0.25) is 14.5 Å². The Labute approximate surface area is 199 Å². The van der Waals surface area contributed by atoms with E-state index in [-0.39, 0.29) is 11.8 Å². The molecule has 8 heteroatoms. The first-order valence-electron chi connectivity index (χ1n) is 11.5. The lowest BCUT2D eigenvalue weighted by Gasteiger charge is -2.35. The van der Waals surface area contributed by atoms with Gasteiger partial charge in [0, 0.05) is 60.9 Å². The van der Waals surface area contributed by atoms with Crippen molar-refractivity contribution in [2.24, 2.45) is 0 Å². The molecule has 4 rings (SSSR count). The summed E-state index contributed by atoms with van der Waals surface area (Å²) in [6.07, 6.45) is 4.71. The van der Waals surface area contributed by atoms with Crippen LogP contribution in [0.4, 0.5) is 0 Å². The van der Waals surface area contributed by atoms with Crippen LogP contribution in [-0.2, 0) is 10.5 Å². The van der Waals surface area contributed by atoms with Gasteiger partial charge in [0.25, 0.3) is 5.91 Å². The minimum Gasteiger partial charge on any atom is -0.342 e. The first kappa shape index (κ1) is 23.3. The van der Waals surface area contributed by atoms with E-state index in [9.17, 15) is 9.59 Å². The van der Waals surface area contributed by atoms with Crippen molar-refractivity contribution in [3.8, 4) is 0 Å². The number of hydrogen-bond donors (Lipinski definition) is 0. The number of aromatic nitrogens is 1. The number of nitrogens with zero attached hydrogens (tertiary/aromatic N) is 4. The van der Waals surface area contributed by atoms with Crippen LogP contribution in [-0.4, -0.2) is 77.3 Å². The number of amides is 2. The largest absolute Gasteiger partial charge is 0.342 e. The summed E-state index contributed by atoms with van der Waals surface area (Å²) in [5, 5.41) is 3.19. The molecule has 1 aromatic carbocycles. The standard InChI is InChI=1S/C24H32N4O2S2/c1-19-25-21(17-31-19)18-32-22-8-6-20(7-9-22)24(30)28-14-12-26(13-15-28)16-23(29)27-10-4-2-3-5-11-27/h6-9,17H,2-5,10-16,18H2,1H3. The molecule has 0 spiro atoms. The fourth-order valence-electron chi connectivity index (χ4n) is 4.23. The Bertz CT molecular complexity index is 899. The maximum Gasteiger partial charge on any atom is 0.253 e. The number of rotatable bonds is 6. The number of benzene rings is 1. The summed E-state index contributed by atoms with van der Waals surface area (Å²) >= 11 is 3.41. The number of thioether (sulfide) groups is 1. The number of carbonyl (C=O) groups is 2. The number of thiazole rings is 1. The fraction of sp³-hybridized carbons (Fsp3) is 0.542. The monoisotopic (exact) mass is 472 g/mol. The van der Waals surface area contributed by atoms with Crippen LogP contribution in [0.25, 0.3) is 0 Å². The van der Waals surface area contributed by atoms with Gasteiger partial charge in [-0.15, -0.1) is 23.1 Å². The maximum atomic E-state index is 12.9. The van der Waals surface area contributed by atoms with Gasteiger partial charge in [-0.05, 0) is 44.0 Å². The molecule has 0 radical (unpaired) electrons. The molecule has 0 saturated carbocycles. The summed E-state index contributed by atoms with van der Waals surface area (Å²) < 4.78 is 0. The van der Waals surface area contributed by atoms with Crippen molar-refractivity contribution in [2.75, 3.05) is 45.8 Å². The van der Waals surface area contributed by atoms with E-state index in [4.69, 9.17) is 0 Å². The van der Waals surface area contributed by atoms with Gasteiger partial charge < -0.3 is 9.80 Å². The highest BCUT2D eigenvalue weighted by Crippen LogP contribution is 2.24. The molecular formula is C24H32N4O2S2. The molecule has 2 aromatic rings. The Hall–Kier alpha value is -1.90. The third-order valence-corrected chi connectivity index (χ3v) is 8.00. The van der Waals surface area contributed by atoms with Crippen LogP contribution in [0, 0.1) is 6.92 Å². The second-order valence-electron chi connectivity index (χ2n) is 8.53. The summed E-state index contributed by atoms with van der Waals surface area (Å²) in [6, 6.07) is 7.89. The normalized spacial score (nSPS) is 17.9. The molecule has 0 atom stereocenters. The van der Waals surface area contributed by atoms with Gasteiger partial charge in [-0.2, -0.15) is 0 Å². The zero-order valence-corrected chi connectivity index (χ0v) is 20.4. The van der Waals surface area contributed by atoms with Crippen LogP contribution in [0.2, 0.25) is 0 Å². The van der Waals surface area contributed by atoms with Gasteiger partial charge in [0.1, 0.15) is 0 Å². The number of aryl methyl sites for hydroxylation is 1. The average molecular weight is 473 g/mol. The summed E-state index contributed by atoms with van der Waals surface area (Å²) in [5.41, 5.74) is 1.83. The molecule has 172 valence electrons. The van der Waals surface area contributed by atoms with E-state index in [0.717, 1.165) is 65.9 Å². The van der Waals surface area contributed by atoms with E-state index >= 15 is 0 Å². The fourth-order valence-corrected chi connectivity index (χ4v) is 5.74. The molecule has 0 N–H and O–H groups in total. The van der Waals surface area contributed by atoms with Crippen LogP contribution in [0.3, 0.4) is 0 Å². The zero-order valence-electron chi connectivity index (χ0n) is 18.8. The second-order valence-corrected chi connectivity index (χ2v) is 10.6. The van der Waals surface area contributed by atoms with Gasteiger partial charge in [-0.1, -0.05) is 12.8 Å². The highest BCUT2D eigenvalue weighted by Gasteiger charge is 2.25. The smallest absolute Gasteiger partial charge is 0.253 e. The molecule has 0 aliphatic carbocycles. The van der Waals surface area contributed by atoms with Gasteiger partial charge in [0.15, 0.2) is 0 Å². The number of carbonyl (C=O) groups excluding carboxylic acids is 2. The van der Waals surface area contributed by atoms with Crippen LogP contribution in [0.5, 0.6) is 0 Å². The predicted octanol–water partition coefficient (Wildman–Crippen LogP) is 3.90. The Morgan fingerprint density at radius 2 is 1.62 bits per heavy atom. The van der Waals surface area contributed by atoms with E-state index in [1.165, 1.54) is 12.8 Å². The van der Waals surface area contributed by atoms with E-state index in [2.05, 4.69) is 15.3 Å². The summed E-state index contributed by atoms with van der Waals surface area (Å²) in [6.45, 7) is 7.15. The number of piperazine rings is 1. The lowest BCUT2D eigenvalue weighted by Crippen LogP contribution is -2.51. The van der Waals surface area contributed by atoms with Crippen molar-refractivity contribution in [1.82, 2.24) is 19.7 Å². The number of hydrogen-bond acceptors (Lipinski definition) is 6. The molecule has 2 amide bonds. The Kier molecular flexibility index (Phi) is 8.21. The second kappa shape index (κ2) is 11.3. The van der Waals surface area contributed by atoms with Crippen LogP contribution < -0.4 is 0 Å². The van der Waals surface area contributed by atoms with E-state index in [1.807, 2.05) is 41.0 Å². The van der Waals surface area contributed by atoms with Gasteiger partial charge in [-0.25, -0.2) is 4.98 Å². The van der Waals surface area contributed by atoms with Crippen molar-refractivity contribution in [3.05, 3.63) is 45.9 Å². The van der Waals surface area contributed by atoms with Gasteiger partial charge >= 0.3 is 0 Å². The summed E-state index contributed by atoms with van der Waals surface area (Å²) in [5.74, 6) is 1.16. The van der Waals surface area contributed by atoms with Crippen molar-refractivity contribution in [1.29, 1.82) is 0 Å². The lowest BCUT2D eigenvalue weighted by molar-refractivity contribution is -0.132. The Morgan fingerprint density at radius 3 is 2.25 bits per heavy atom. The molecule has 6 nitrogen and oxygen atoms in total. The quantitative estimate of drug-likeness (QED) is 0.597. The molecule has 32 heavy (non-hydrogen) atoms. The molecule has 0 bridgehead atoms. The molecule has 2 aliphatic rings. The van der Waals surface area contributed by atoms with E-state index < -0.39 is 0 Å². The minimum absolute atomic E-state index is 0.0789. The lowest BCUT2D eigenvalue weighted by atomic mass is 10.2. The zero-order chi connectivity index (χ0) is 22.3. The van der Waals surface area contributed by atoms with Crippen LogP contribution in [0.15, 0.2) is 34.5 Å². The van der Waals surface area contributed by atoms with Crippen molar-refractivity contribution >= 4 is 34.9 Å². The predicted molar refractivity (Wildman–Crippen MR) is 130 cm³/mol. The highest BCUT2D eigenvalue weighted by molar-refractivity contribution is 7.98. The summed E-state index contributed by atoms with van der Waals surface area (Å²) in [4.78, 5) is 37.3. The van der Waals surface area contributed by atoms with Crippen molar-refractivity contribution in [2.45, 2.75) is 43.3 Å². The van der Waals surface area contributed by atoms with E-state index in [1.54, 1.807) is 23.1 Å². The maximum absolute atomic E-state index is 12.9. The molecular weight excluding hydrogens is 440 g/mol. The first-order chi connectivity index (χ1) is 15.6.